The zero-order valence-corrected chi connectivity index (χ0v) is 13.7. The Morgan fingerprint density at radius 3 is 2.57 bits per heavy atom. The van der Waals surface area contributed by atoms with Gasteiger partial charge in [0.15, 0.2) is 0 Å². The van der Waals surface area contributed by atoms with Gasteiger partial charge in [-0.25, -0.2) is 4.79 Å². The number of hydrogen-bond donors (Lipinski definition) is 1. The van der Waals surface area contributed by atoms with Crippen molar-refractivity contribution in [2.45, 2.75) is 19.4 Å². The van der Waals surface area contributed by atoms with E-state index in [9.17, 15) is 9.59 Å². The summed E-state index contributed by atoms with van der Waals surface area (Å²) in [4.78, 5) is 27.7. The van der Waals surface area contributed by atoms with Gasteiger partial charge in [-0.05, 0) is 31.5 Å². The van der Waals surface area contributed by atoms with Crippen LogP contribution < -0.4 is 5.32 Å². The summed E-state index contributed by atoms with van der Waals surface area (Å²) in [6.07, 6.45) is 1.88. The third-order valence-corrected chi connectivity index (χ3v) is 4.02. The molecule has 1 fully saturated rings. The second kappa shape index (κ2) is 9.15. The van der Waals surface area contributed by atoms with E-state index in [1.807, 2.05) is 30.3 Å². The molecule has 0 atom stereocenters. The first kappa shape index (κ1) is 17.3. The minimum atomic E-state index is -0.586. The van der Waals surface area contributed by atoms with Crippen LogP contribution in [0.3, 0.4) is 0 Å². The molecule has 0 radical (unpaired) electrons. The van der Waals surface area contributed by atoms with E-state index in [2.05, 4.69) is 15.0 Å². The lowest BCUT2D eigenvalue weighted by Gasteiger charge is -2.25. The summed E-state index contributed by atoms with van der Waals surface area (Å²) >= 11 is 0. The van der Waals surface area contributed by atoms with Gasteiger partial charge in [-0.3, -0.25) is 4.79 Å². The van der Waals surface area contributed by atoms with Crippen molar-refractivity contribution in [1.29, 1.82) is 0 Å². The number of likely N-dealkylation sites (tertiary alicyclic amines) is 1. The molecule has 1 aliphatic rings. The maximum absolute atomic E-state index is 12.4. The van der Waals surface area contributed by atoms with Gasteiger partial charge < -0.3 is 19.9 Å². The molecule has 6 heteroatoms. The number of methoxy groups -OCH3 is 1. The number of hydrogen-bond acceptors (Lipinski definition) is 4. The second-order valence-electron chi connectivity index (χ2n) is 5.69. The molecule has 6 nitrogen and oxygen atoms in total. The van der Waals surface area contributed by atoms with Crippen LogP contribution in [-0.2, 0) is 16.1 Å². The van der Waals surface area contributed by atoms with Gasteiger partial charge in [-0.1, -0.05) is 30.3 Å². The van der Waals surface area contributed by atoms with Gasteiger partial charge >= 0.3 is 6.09 Å². The first-order chi connectivity index (χ1) is 11.2. The summed E-state index contributed by atoms with van der Waals surface area (Å²) in [5.74, 6) is -0.0987. The predicted molar refractivity (Wildman–Crippen MR) is 87.9 cm³/mol. The summed E-state index contributed by atoms with van der Waals surface area (Å²) in [7, 11) is 1.29. The quantitative estimate of drug-likeness (QED) is 0.827. The first-order valence-electron chi connectivity index (χ1n) is 8.05. The zero-order chi connectivity index (χ0) is 16.5. The fourth-order valence-electron chi connectivity index (χ4n) is 2.70. The van der Waals surface area contributed by atoms with Crippen molar-refractivity contribution in [3.05, 3.63) is 35.9 Å². The van der Waals surface area contributed by atoms with Crippen LogP contribution in [0.4, 0.5) is 4.79 Å². The average molecular weight is 319 g/mol. The van der Waals surface area contributed by atoms with Crippen molar-refractivity contribution in [3.63, 3.8) is 0 Å². The van der Waals surface area contributed by atoms with Crippen LogP contribution in [0.25, 0.3) is 0 Å². The molecule has 1 aromatic rings. The number of carbonyl (C=O) groups excluding carboxylic acids is 2. The summed E-state index contributed by atoms with van der Waals surface area (Å²) in [6.45, 7) is 4.25. The summed E-state index contributed by atoms with van der Waals surface area (Å²) < 4.78 is 4.51. The van der Waals surface area contributed by atoms with E-state index in [0.717, 1.165) is 25.2 Å². The fraction of sp³-hybridized carbons (Fsp3) is 0.529. The molecular weight excluding hydrogens is 294 g/mol. The number of amides is 2. The standard InChI is InChI=1S/C17H25N3O3/c1-23-17(22)18-13-16(21)20(12-11-19-9-5-6-10-19)14-15-7-3-2-4-8-15/h2-4,7-8H,5-6,9-14H2,1H3,(H,18,22). The van der Waals surface area contributed by atoms with Crippen LogP contribution in [0, 0.1) is 0 Å². The predicted octanol–water partition coefficient (Wildman–Crippen LogP) is 1.47. The van der Waals surface area contributed by atoms with E-state index in [0.29, 0.717) is 13.1 Å². The Labute approximate surface area is 137 Å². The molecule has 0 spiro atoms. The van der Waals surface area contributed by atoms with E-state index in [-0.39, 0.29) is 12.5 Å². The van der Waals surface area contributed by atoms with Crippen LogP contribution in [0.2, 0.25) is 0 Å². The first-order valence-corrected chi connectivity index (χ1v) is 8.05. The van der Waals surface area contributed by atoms with E-state index in [4.69, 9.17) is 0 Å². The number of rotatable bonds is 7. The lowest BCUT2D eigenvalue weighted by atomic mass is 10.2. The number of benzene rings is 1. The molecule has 0 saturated carbocycles. The van der Waals surface area contributed by atoms with Gasteiger partial charge in [0.2, 0.25) is 5.91 Å². The molecule has 126 valence electrons. The topological polar surface area (TPSA) is 61.9 Å². The van der Waals surface area contributed by atoms with Gasteiger partial charge in [-0.15, -0.1) is 0 Å². The van der Waals surface area contributed by atoms with Crippen LogP contribution in [0.15, 0.2) is 30.3 Å². The largest absolute Gasteiger partial charge is 0.453 e. The Hall–Kier alpha value is -2.08. The van der Waals surface area contributed by atoms with Crippen molar-refractivity contribution in [1.82, 2.24) is 15.1 Å². The van der Waals surface area contributed by atoms with Crippen LogP contribution >= 0.6 is 0 Å². The molecule has 0 aliphatic carbocycles. The maximum atomic E-state index is 12.4. The number of alkyl carbamates (subject to hydrolysis) is 1. The van der Waals surface area contributed by atoms with Crippen molar-refractivity contribution in [3.8, 4) is 0 Å². The van der Waals surface area contributed by atoms with Crippen LogP contribution in [-0.4, -0.2) is 61.6 Å². The molecule has 0 aromatic heterocycles. The molecule has 1 aromatic carbocycles. The second-order valence-corrected chi connectivity index (χ2v) is 5.69. The number of carbonyl (C=O) groups is 2. The minimum absolute atomic E-state index is 0.0422. The molecular formula is C17H25N3O3. The van der Waals surface area contributed by atoms with E-state index >= 15 is 0 Å². The highest BCUT2D eigenvalue weighted by Gasteiger charge is 2.18. The monoisotopic (exact) mass is 319 g/mol. The highest BCUT2D eigenvalue weighted by molar-refractivity contribution is 5.82. The number of nitrogens with one attached hydrogen (secondary N) is 1. The van der Waals surface area contributed by atoms with Crippen molar-refractivity contribution < 1.29 is 14.3 Å². The minimum Gasteiger partial charge on any atom is -0.453 e. The summed E-state index contributed by atoms with van der Waals surface area (Å²) in [6, 6.07) is 9.89. The third-order valence-electron chi connectivity index (χ3n) is 4.02. The Kier molecular flexibility index (Phi) is 6.87. The zero-order valence-electron chi connectivity index (χ0n) is 13.7. The van der Waals surface area contributed by atoms with Crippen molar-refractivity contribution >= 4 is 12.0 Å². The lowest BCUT2D eigenvalue weighted by Crippen LogP contribution is -2.43. The number of ether oxygens (including phenoxy) is 1. The van der Waals surface area contributed by atoms with Crippen LogP contribution in [0.1, 0.15) is 18.4 Å². The van der Waals surface area contributed by atoms with Gasteiger partial charge in [0.25, 0.3) is 0 Å². The Balaban J connectivity index is 1.91. The fourth-order valence-corrected chi connectivity index (χ4v) is 2.70. The Bertz CT molecular complexity index is 501. The van der Waals surface area contributed by atoms with E-state index in [1.165, 1.54) is 20.0 Å². The molecule has 1 saturated heterocycles. The SMILES string of the molecule is COC(=O)NCC(=O)N(CCN1CCCC1)Cc1ccccc1. The molecule has 1 aliphatic heterocycles. The number of nitrogens with zero attached hydrogens (tertiary/aromatic N) is 2. The summed E-state index contributed by atoms with van der Waals surface area (Å²) in [5.41, 5.74) is 1.08. The van der Waals surface area contributed by atoms with Gasteiger partial charge in [0, 0.05) is 19.6 Å². The Morgan fingerprint density at radius 1 is 1.22 bits per heavy atom. The van der Waals surface area contributed by atoms with E-state index in [1.54, 1.807) is 4.90 Å². The highest BCUT2D eigenvalue weighted by atomic mass is 16.5. The van der Waals surface area contributed by atoms with Crippen LogP contribution in [0.5, 0.6) is 0 Å². The molecule has 1 N–H and O–H groups in total. The molecule has 2 rings (SSSR count). The molecule has 0 unspecified atom stereocenters. The van der Waals surface area contributed by atoms with Gasteiger partial charge in [0.1, 0.15) is 6.54 Å². The highest BCUT2D eigenvalue weighted by Crippen LogP contribution is 2.09. The van der Waals surface area contributed by atoms with Gasteiger partial charge in [0.05, 0.1) is 7.11 Å². The molecule has 1 heterocycles. The smallest absolute Gasteiger partial charge is 0.407 e. The molecule has 2 amide bonds. The molecule has 0 bridgehead atoms. The lowest BCUT2D eigenvalue weighted by molar-refractivity contribution is -0.131. The van der Waals surface area contributed by atoms with Crippen molar-refractivity contribution in [2.75, 3.05) is 39.8 Å². The summed E-state index contributed by atoms with van der Waals surface area (Å²) in [5, 5.41) is 2.46. The molecule has 23 heavy (non-hydrogen) atoms. The normalized spacial score (nSPS) is 14.5. The third kappa shape index (κ3) is 5.90. The van der Waals surface area contributed by atoms with Crippen molar-refractivity contribution in [2.24, 2.45) is 0 Å². The maximum Gasteiger partial charge on any atom is 0.407 e. The van der Waals surface area contributed by atoms with Gasteiger partial charge in [-0.2, -0.15) is 0 Å². The van der Waals surface area contributed by atoms with E-state index < -0.39 is 6.09 Å². The Morgan fingerprint density at radius 2 is 1.91 bits per heavy atom. The average Bonchev–Trinajstić information content (AvgIpc) is 3.10.